The first-order valence-corrected chi connectivity index (χ1v) is 55.8. The summed E-state index contributed by atoms with van der Waals surface area (Å²) in [5.74, 6) is 0. The van der Waals surface area contributed by atoms with E-state index in [0.29, 0.717) is 0 Å². The second kappa shape index (κ2) is 33.1. The lowest BCUT2D eigenvalue weighted by molar-refractivity contribution is 1.49. The van der Waals surface area contributed by atoms with Gasteiger partial charge in [0.1, 0.15) is 0 Å². The number of benzene rings is 24. The SMILES string of the molecule is Cc1c2ccccc2cc2c3c(ccc12)[Si](c1ccccc1)(c1ccccc1)c1ccccc1-3.Cc1cc2c(c3cc4ccccc4cc13)-c1ccccc1[Si]2(c1ccccc1)c1ccccc1.Cc1ccc([Si]2(c3ccccc3)c3ccccc3-c3c2ccc2c3ccc3ccccc32)cc1.Cc1cccc([Si]2(c3ccccc3)c3ccccc3-c3c2ccc2c3ccc3ccccc32)c1. The Morgan fingerprint density at radius 2 is 0.419 bits per heavy atom. The molecule has 4 aliphatic heterocycles. The molecule has 24 aromatic rings. The quantitative estimate of drug-likeness (QED) is 0.0808. The van der Waals surface area contributed by atoms with Crippen LogP contribution in [0, 0.1) is 27.7 Å². The van der Waals surface area contributed by atoms with Gasteiger partial charge in [-0.05, 0) is 271 Å². The highest BCUT2D eigenvalue weighted by Crippen LogP contribution is 2.44. The molecule has 136 heavy (non-hydrogen) atoms. The van der Waals surface area contributed by atoms with Crippen LogP contribution in [-0.4, -0.2) is 32.3 Å². The summed E-state index contributed by atoms with van der Waals surface area (Å²) in [6.45, 7) is 8.95. The summed E-state index contributed by atoms with van der Waals surface area (Å²) in [5, 5.41) is 45.1. The molecule has 0 fully saturated rings. The van der Waals surface area contributed by atoms with Crippen LogP contribution in [0.25, 0.3) is 131 Å². The Bertz CT molecular complexity index is 8710. The van der Waals surface area contributed by atoms with Crippen molar-refractivity contribution in [1.29, 1.82) is 0 Å². The van der Waals surface area contributed by atoms with Crippen LogP contribution in [0.2, 0.25) is 0 Å². The molecule has 4 heterocycles. The van der Waals surface area contributed by atoms with Crippen molar-refractivity contribution in [2.75, 3.05) is 0 Å². The van der Waals surface area contributed by atoms with Crippen LogP contribution >= 0.6 is 0 Å². The largest absolute Gasteiger partial charge is 0.180 e. The standard InChI is InChI=1S/4C33H24Si/c1-23-20-32-33(30-22-25-13-9-8-12-24(25)21-29(23)30)28-18-10-11-19-31(28)34(32,26-14-4-2-5-15-26)27-16-6-3-7-17-27;1-23-27-17-9-8-12-24(27)22-30-28(23)20-21-32-33(30)29-18-10-11-19-31(29)34(32,25-13-4-2-5-14-25)26-15-6-3-7-16-26;1-23-10-9-14-26(22-23)34(25-12-3-2-4-13-25)31-17-8-7-16-30(31)33-29-19-18-24-11-5-6-15-27(24)28(29)20-21-32(33)34;1-23-15-18-26(19-16-23)34(25-10-3-2-4-11-25)31-14-8-7-13-30(31)33-29-20-17-24-9-5-6-12-27(24)28(29)21-22-32(33)34/h4*2-22H,1H3. The van der Waals surface area contributed by atoms with Gasteiger partial charge in [0, 0.05) is 0 Å². The van der Waals surface area contributed by atoms with Crippen molar-refractivity contribution >= 4 is 201 Å². The average molecular weight is 1790 g/mol. The Kier molecular flexibility index (Phi) is 20.0. The molecule has 0 bridgehead atoms. The minimum atomic E-state index is -2.44. The first-order valence-electron chi connectivity index (χ1n) is 47.8. The first kappa shape index (κ1) is 82.2. The van der Waals surface area contributed by atoms with E-state index in [2.05, 4.69) is 537 Å². The van der Waals surface area contributed by atoms with Gasteiger partial charge in [0.2, 0.25) is 0 Å². The van der Waals surface area contributed by atoms with E-state index >= 15 is 0 Å². The topological polar surface area (TPSA) is 0 Å². The maximum atomic E-state index is 2.51. The van der Waals surface area contributed by atoms with Gasteiger partial charge in [0.15, 0.2) is 32.3 Å². The van der Waals surface area contributed by atoms with Gasteiger partial charge in [0.25, 0.3) is 0 Å². The van der Waals surface area contributed by atoms with Crippen molar-refractivity contribution in [3.63, 3.8) is 0 Å². The van der Waals surface area contributed by atoms with Crippen molar-refractivity contribution in [2.45, 2.75) is 27.7 Å². The molecule has 0 saturated carbocycles. The van der Waals surface area contributed by atoms with Gasteiger partial charge >= 0.3 is 0 Å². The van der Waals surface area contributed by atoms with Crippen LogP contribution in [0.3, 0.4) is 0 Å². The van der Waals surface area contributed by atoms with Crippen molar-refractivity contribution in [3.05, 3.63) is 532 Å². The van der Waals surface area contributed by atoms with Gasteiger partial charge < -0.3 is 0 Å². The third-order valence-corrected chi connectivity index (χ3v) is 50.0. The normalized spacial score (nSPS) is 15.1. The van der Waals surface area contributed by atoms with E-state index in [-0.39, 0.29) is 0 Å². The summed E-state index contributed by atoms with van der Waals surface area (Å²) in [5.41, 5.74) is 16.7. The van der Waals surface area contributed by atoms with E-state index in [1.807, 2.05) is 0 Å². The van der Waals surface area contributed by atoms with Gasteiger partial charge in [-0.3, -0.25) is 0 Å². The lowest BCUT2D eigenvalue weighted by atomic mass is 9.92. The fourth-order valence-corrected chi connectivity index (χ4v) is 45.8. The molecule has 0 radical (unpaired) electrons. The van der Waals surface area contributed by atoms with Gasteiger partial charge in [-0.1, -0.05) is 503 Å². The molecular weight excluding hydrogens is 1700 g/mol. The smallest absolute Gasteiger partial charge is 0.0623 e. The molecule has 28 rings (SSSR count). The maximum absolute atomic E-state index is 2.51. The molecule has 2 atom stereocenters. The van der Waals surface area contributed by atoms with E-state index < -0.39 is 32.3 Å². The molecule has 0 aliphatic carbocycles. The van der Waals surface area contributed by atoms with Crippen LogP contribution < -0.4 is 83.0 Å². The Balaban J connectivity index is 0.0000000965. The lowest BCUT2D eigenvalue weighted by Crippen LogP contribution is -2.72. The number of hydrogen-bond acceptors (Lipinski definition) is 0. The monoisotopic (exact) mass is 1790 g/mol. The molecule has 4 aliphatic rings. The predicted octanol–water partition coefficient (Wildman–Crippen LogP) is 22.6. The number of hydrogen-bond donors (Lipinski definition) is 0. The Morgan fingerprint density at radius 1 is 0.132 bits per heavy atom. The van der Waals surface area contributed by atoms with Gasteiger partial charge in [-0.2, -0.15) is 0 Å². The van der Waals surface area contributed by atoms with Crippen molar-refractivity contribution in [2.24, 2.45) is 0 Å². The van der Waals surface area contributed by atoms with E-state index in [9.17, 15) is 0 Å². The Morgan fingerprint density at radius 3 is 0.831 bits per heavy atom. The zero-order valence-corrected chi connectivity index (χ0v) is 80.5. The zero-order chi connectivity index (χ0) is 90.8. The van der Waals surface area contributed by atoms with Gasteiger partial charge in [0.05, 0.1) is 0 Å². The molecule has 24 aromatic carbocycles. The summed E-state index contributed by atoms with van der Waals surface area (Å²) < 4.78 is 0. The molecule has 640 valence electrons. The second-order valence-electron chi connectivity index (χ2n) is 37.5. The number of rotatable bonds is 8. The van der Waals surface area contributed by atoms with E-state index in [1.165, 1.54) is 236 Å². The fourth-order valence-electron chi connectivity index (χ4n) is 24.9. The van der Waals surface area contributed by atoms with Crippen LogP contribution in [0.15, 0.2) is 510 Å². The Hall–Kier alpha value is -15.8. The average Bonchev–Trinajstić information content (AvgIpc) is 1.54. The van der Waals surface area contributed by atoms with Gasteiger partial charge in [-0.25, -0.2) is 0 Å². The highest BCUT2D eigenvalue weighted by Gasteiger charge is 2.54. The van der Waals surface area contributed by atoms with Crippen LogP contribution in [-0.2, 0) is 0 Å². The van der Waals surface area contributed by atoms with Crippen LogP contribution in [0.4, 0.5) is 0 Å². The third-order valence-electron chi connectivity index (χ3n) is 30.6. The molecule has 0 N–H and O–H groups in total. The molecule has 4 heteroatoms. The van der Waals surface area contributed by atoms with Gasteiger partial charge in [-0.15, -0.1) is 0 Å². The minimum absolute atomic E-state index is 1.30. The summed E-state index contributed by atoms with van der Waals surface area (Å²) >= 11 is 0. The lowest BCUT2D eigenvalue weighted by Gasteiger charge is -2.31. The summed E-state index contributed by atoms with van der Waals surface area (Å²) in [6.07, 6.45) is 0. The minimum Gasteiger partial charge on any atom is -0.0623 e. The number of fused-ring (bicyclic) bond motifs is 26. The molecule has 0 saturated heterocycles. The van der Waals surface area contributed by atoms with Crippen LogP contribution in [0.5, 0.6) is 0 Å². The Labute approximate surface area is 799 Å². The highest BCUT2D eigenvalue weighted by atomic mass is 28.3. The van der Waals surface area contributed by atoms with Crippen molar-refractivity contribution in [1.82, 2.24) is 0 Å². The molecule has 0 nitrogen and oxygen atoms in total. The first-order chi connectivity index (χ1) is 67.1. The predicted molar refractivity (Wildman–Crippen MR) is 595 cm³/mol. The van der Waals surface area contributed by atoms with E-state index in [0.717, 1.165) is 0 Å². The molecule has 0 amide bonds. The van der Waals surface area contributed by atoms with Crippen molar-refractivity contribution < 1.29 is 0 Å². The summed E-state index contributed by atoms with van der Waals surface area (Å²) in [7, 11) is -9.75. The molecular formula is C132H96Si4. The fraction of sp³-hybridized carbons (Fsp3) is 0.0303. The zero-order valence-electron chi connectivity index (χ0n) is 76.5. The highest BCUT2D eigenvalue weighted by molar-refractivity contribution is 7.24. The summed E-state index contributed by atoms with van der Waals surface area (Å²) in [6, 6.07) is 191. The molecule has 0 spiro atoms. The number of aryl methyl sites for hydroxylation is 4. The van der Waals surface area contributed by atoms with E-state index in [4.69, 9.17) is 0 Å². The summed E-state index contributed by atoms with van der Waals surface area (Å²) in [4.78, 5) is 0. The molecule has 0 aromatic heterocycles. The van der Waals surface area contributed by atoms with Crippen LogP contribution in [0.1, 0.15) is 22.3 Å². The second-order valence-corrected chi connectivity index (χ2v) is 52.4. The maximum Gasteiger partial charge on any atom is 0.180 e. The molecule has 2 unspecified atom stereocenters. The third kappa shape index (κ3) is 12.5. The van der Waals surface area contributed by atoms with Crippen molar-refractivity contribution in [3.8, 4) is 44.5 Å². The van der Waals surface area contributed by atoms with E-state index in [1.54, 1.807) is 0 Å².